The predicted molar refractivity (Wildman–Crippen MR) is 87.6 cm³/mol. The fraction of sp³-hybridized carbons (Fsp3) is 0.167. The molecule has 0 radical (unpaired) electrons. The van der Waals surface area contributed by atoms with E-state index in [0.29, 0.717) is 0 Å². The number of nitriles is 1. The van der Waals surface area contributed by atoms with Crippen LogP contribution in [0.3, 0.4) is 0 Å². The van der Waals surface area contributed by atoms with Gasteiger partial charge in [-0.2, -0.15) is 5.26 Å². The third-order valence-corrected chi connectivity index (χ3v) is 4.10. The molecule has 2 atom stereocenters. The molecule has 0 saturated heterocycles. The summed E-state index contributed by atoms with van der Waals surface area (Å²) in [4.78, 5) is 10.9. The van der Waals surface area contributed by atoms with E-state index < -0.39 is 16.9 Å². The van der Waals surface area contributed by atoms with Crippen molar-refractivity contribution in [2.75, 3.05) is 0 Å². The second-order valence-electron chi connectivity index (χ2n) is 5.46. The van der Waals surface area contributed by atoms with Crippen LogP contribution in [0.1, 0.15) is 17.0 Å². The summed E-state index contributed by atoms with van der Waals surface area (Å²) in [5.74, 6) is -0.609. The summed E-state index contributed by atoms with van der Waals surface area (Å²) < 4.78 is 1.94. The standard InChI is InChI=1S/C18H15N3O2/c1-20-12-15(14-9-5-6-10-16(14)20)18(17(11-19)21(22)23)13-7-3-2-4-8-13/h2-10,12,17-18H,1H3/t17-,18+/m1/s1. The number of hydrogen-bond donors (Lipinski definition) is 0. The van der Waals surface area contributed by atoms with Gasteiger partial charge >= 0.3 is 6.04 Å². The average molecular weight is 305 g/mol. The molecular formula is C18H15N3O2. The lowest BCUT2D eigenvalue weighted by Gasteiger charge is -2.16. The van der Waals surface area contributed by atoms with Crippen LogP contribution in [0.2, 0.25) is 0 Å². The van der Waals surface area contributed by atoms with Gasteiger partial charge in [0.1, 0.15) is 6.07 Å². The molecule has 2 aromatic carbocycles. The van der Waals surface area contributed by atoms with Crippen LogP contribution in [-0.2, 0) is 7.05 Å². The van der Waals surface area contributed by atoms with E-state index in [1.165, 1.54) is 0 Å². The van der Waals surface area contributed by atoms with E-state index >= 15 is 0 Å². The Morgan fingerprint density at radius 2 is 1.78 bits per heavy atom. The molecule has 0 aliphatic heterocycles. The van der Waals surface area contributed by atoms with Gasteiger partial charge in [-0.3, -0.25) is 10.1 Å². The van der Waals surface area contributed by atoms with Crippen LogP contribution in [0.15, 0.2) is 60.8 Å². The molecule has 1 heterocycles. The van der Waals surface area contributed by atoms with E-state index in [-0.39, 0.29) is 0 Å². The van der Waals surface area contributed by atoms with Crippen LogP contribution >= 0.6 is 0 Å². The minimum atomic E-state index is -1.33. The number of fused-ring (bicyclic) bond motifs is 1. The van der Waals surface area contributed by atoms with Crippen LogP contribution < -0.4 is 0 Å². The van der Waals surface area contributed by atoms with Crippen molar-refractivity contribution >= 4 is 10.9 Å². The quantitative estimate of drug-likeness (QED) is 0.547. The molecule has 0 saturated carbocycles. The molecule has 114 valence electrons. The Kier molecular flexibility index (Phi) is 3.82. The van der Waals surface area contributed by atoms with Gasteiger partial charge in [0.2, 0.25) is 0 Å². The highest BCUT2D eigenvalue weighted by atomic mass is 16.6. The molecule has 0 amide bonds. The molecule has 0 aliphatic carbocycles. The summed E-state index contributed by atoms with van der Waals surface area (Å²) in [5.41, 5.74) is 2.56. The molecule has 0 spiro atoms. The van der Waals surface area contributed by atoms with Crippen molar-refractivity contribution in [1.82, 2.24) is 4.57 Å². The molecule has 23 heavy (non-hydrogen) atoms. The van der Waals surface area contributed by atoms with Crippen molar-refractivity contribution in [1.29, 1.82) is 5.26 Å². The summed E-state index contributed by atoms with van der Waals surface area (Å²) in [7, 11) is 1.90. The Bertz CT molecular complexity index is 894. The maximum atomic E-state index is 11.4. The van der Waals surface area contributed by atoms with Crippen LogP contribution in [0.4, 0.5) is 0 Å². The fourth-order valence-corrected chi connectivity index (χ4v) is 3.06. The number of rotatable bonds is 4. The van der Waals surface area contributed by atoms with E-state index in [1.807, 2.05) is 78.5 Å². The van der Waals surface area contributed by atoms with Crippen LogP contribution in [0.25, 0.3) is 10.9 Å². The highest BCUT2D eigenvalue weighted by Gasteiger charge is 2.36. The lowest BCUT2D eigenvalue weighted by molar-refractivity contribution is -0.509. The number of nitro groups is 1. The number of benzene rings is 2. The Labute approximate surface area is 133 Å². The molecule has 0 aliphatic rings. The van der Waals surface area contributed by atoms with Crippen molar-refractivity contribution in [3.05, 3.63) is 82.0 Å². The number of hydrogen-bond acceptors (Lipinski definition) is 3. The SMILES string of the molecule is Cn1cc([C@H](c2ccccc2)[C@@H](C#N)[N+](=O)[O-])c2ccccc21. The zero-order chi connectivity index (χ0) is 16.4. The molecule has 0 fully saturated rings. The van der Waals surface area contributed by atoms with Crippen molar-refractivity contribution in [3.8, 4) is 6.07 Å². The van der Waals surface area contributed by atoms with E-state index in [0.717, 1.165) is 22.0 Å². The van der Waals surface area contributed by atoms with Gasteiger partial charge in [-0.05, 0) is 17.2 Å². The Morgan fingerprint density at radius 3 is 2.43 bits per heavy atom. The number of aryl methyl sites for hydroxylation is 1. The summed E-state index contributed by atoms with van der Waals surface area (Å²) in [5, 5.41) is 21.7. The Morgan fingerprint density at radius 1 is 1.13 bits per heavy atom. The van der Waals surface area contributed by atoms with Gasteiger partial charge in [0.05, 0.1) is 5.92 Å². The first kappa shape index (κ1) is 14.8. The van der Waals surface area contributed by atoms with Crippen molar-refractivity contribution in [3.63, 3.8) is 0 Å². The maximum Gasteiger partial charge on any atom is 0.307 e. The van der Waals surface area contributed by atoms with Gasteiger partial charge in [0.25, 0.3) is 0 Å². The Hall–Kier alpha value is -3.13. The van der Waals surface area contributed by atoms with E-state index in [4.69, 9.17) is 0 Å². The van der Waals surface area contributed by atoms with Gasteiger partial charge < -0.3 is 4.57 Å². The molecule has 5 nitrogen and oxygen atoms in total. The maximum absolute atomic E-state index is 11.4. The van der Waals surface area contributed by atoms with Gasteiger partial charge in [-0.1, -0.05) is 48.5 Å². The largest absolute Gasteiger partial charge is 0.350 e. The Balaban J connectivity index is 2.27. The molecule has 0 N–H and O–H groups in total. The molecule has 1 aromatic heterocycles. The summed E-state index contributed by atoms with van der Waals surface area (Å²) in [6.07, 6.45) is 1.89. The first-order valence-corrected chi connectivity index (χ1v) is 7.25. The predicted octanol–water partition coefficient (Wildman–Crippen LogP) is 3.48. The van der Waals surface area contributed by atoms with Crippen molar-refractivity contribution in [2.24, 2.45) is 7.05 Å². The molecular weight excluding hydrogens is 290 g/mol. The van der Waals surface area contributed by atoms with Crippen LogP contribution in [-0.4, -0.2) is 15.5 Å². The monoisotopic (exact) mass is 305 g/mol. The van der Waals surface area contributed by atoms with Crippen LogP contribution in [0.5, 0.6) is 0 Å². The second-order valence-corrected chi connectivity index (χ2v) is 5.46. The minimum absolute atomic E-state index is 0.501. The van der Waals surface area contributed by atoms with Crippen molar-refractivity contribution in [2.45, 2.75) is 12.0 Å². The molecule has 5 heteroatoms. The summed E-state index contributed by atoms with van der Waals surface area (Å²) in [6.45, 7) is 0. The van der Waals surface area contributed by atoms with Crippen molar-refractivity contribution < 1.29 is 4.92 Å². The van der Waals surface area contributed by atoms with E-state index in [9.17, 15) is 15.4 Å². The third-order valence-electron chi connectivity index (χ3n) is 4.10. The zero-order valence-corrected chi connectivity index (χ0v) is 12.6. The molecule has 3 aromatic rings. The van der Waals surface area contributed by atoms with E-state index in [2.05, 4.69) is 0 Å². The van der Waals surface area contributed by atoms with Gasteiger partial charge in [0, 0.05) is 29.1 Å². The zero-order valence-electron chi connectivity index (χ0n) is 12.6. The summed E-state index contributed by atoms with van der Waals surface area (Å²) >= 11 is 0. The fourth-order valence-electron chi connectivity index (χ4n) is 3.06. The molecule has 0 bridgehead atoms. The van der Waals surface area contributed by atoms with Gasteiger partial charge in [0.15, 0.2) is 0 Å². The van der Waals surface area contributed by atoms with E-state index in [1.54, 1.807) is 0 Å². The number of para-hydroxylation sites is 1. The minimum Gasteiger partial charge on any atom is -0.350 e. The average Bonchev–Trinajstić information content (AvgIpc) is 2.90. The first-order valence-electron chi connectivity index (χ1n) is 7.25. The van der Waals surface area contributed by atoms with Crippen LogP contribution in [0, 0.1) is 21.4 Å². The number of nitrogens with zero attached hydrogens (tertiary/aromatic N) is 3. The lowest BCUT2D eigenvalue weighted by atomic mass is 9.85. The highest BCUT2D eigenvalue weighted by molar-refractivity contribution is 5.85. The highest BCUT2D eigenvalue weighted by Crippen LogP contribution is 2.35. The van der Waals surface area contributed by atoms with Gasteiger partial charge in [-0.25, -0.2) is 0 Å². The molecule has 3 rings (SSSR count). The topological polar surface area (TPSA) is 71.9 Å². The summed E-state index contributed by atoms with van der Waals surface area (Å²) in [6, 6.07) is 17.5. The molecule has 0 unspecified atom stereocenters. The lowest BCUT2D eigenvalue weighted by Crippen LogP contribution is -2.26. The first-order chi connectivity index (χ1) is 11.1. The number of aromatic nitrogens is 1. The normalized spacial score (nSPS) is 13.4. The third kappa shape index (κ3) is 2.55. The smallest absolute Gasteiger partial charge is 0.307 e. The van der Waals surface area contributed by atoms with Gasteiger partial charge in [-0.15, -0.1) is 0 Å². The second kappa shape index (κ2) is 5.93.